The molecule has 1 aliphatic rings. The number of halogens is 2. The molecule has 1 aromatic heterocycles. The summed E-state index contributed by atoms with van der Waals surface area (Å²) in [5, 5.41) is 7.69. The second kappa shape index (κ2) is 10.2. The Morgan fingerprint density at radius 1 is 1.28 bits per heavy atom. The van der Waals surface area contributed by atoms with E-state index in [4.69, 9.17) is 11.6 Å². The van der Waals surface area contributed by atoms with Crippen molar-refractivity contribution >= 4 is 58.3 Å². The van der Waals surface area contributed by atoms with Crippen molar-refractivity contribution < 1.29 is 0 Å². The summed E-state index contributed by atoms with van der Waals surface area (Å²) in [4.78, 5) is 14.7. The van der Waals surface area contributed by atoms with Crippen LogP contribution in [0.1, 0.15) is 12.2 Å². The fraction of sp³-hybridized carbons (Fsp3) is 0.333. The summed E-state index contributed by atoms with van der Waals surface area (Å²) in [6, 6.07) is 16.5. The Kier molecular flexibility index (Phi) is 7.60. The second-order valence-electron chi connectivity index (χ2n) is 7.01. The van der Waals surface area contributed by atoms with E-state index < -0.39 is 0 Å². The molecule has 1 saturated heterocycles. The molecule has 8 heteroatoms. The highest BCUT2D eigenvalue weighted by molar-refractivity contribution is 14.0. The molecule has 2 aromatic carbocycles. The number of para-hydroxylation sites is 2. The standard InChI is InChI=1S/C21H25ClN6.HI/c1-23-21(24-11-9-20-26-18-7-2-3-8-19(18)27-20)25-16-10-12-28(14-16)17-6-4-5-15(22)13-17;/h2-8,13,16H,9-12,14H2,1H3,(H,26,27)(H2,23,24,25);1H. The van der Waals surface area contributed by atoms with Gasteiger partial charge < -0.3 is 20.5 Å². The molecule has 0 aliphatic carbocycles. The van der Waals surface area contributed by atoms with Gasteiger partial charge in [0.2, 0.25) is 0 Å². The molecule has 1 atom stereocenters. The third-order valence-corrected chi connectivity index (χ3v) is 5.25. The van der Waals surface area contributed by atoms with Gasteiger partial charge in [-0.1, -0.05) is 29.8 Å². The van der Waals surface area contributed by atoms with Gasteiger partial charge in [-0.3, -0.25) is 4.99 Å². The number of benzene rings is 2. The normalized spacial score (nSPS) is 16.7. The highest BCUT2D eigenvalue weighted by Gasteiger charge is 2.23. The molecule has 3 N–H and O–H groups in total. The lowest BCUT2D eigenvalue weighted by atomic mass is 10.2. The number of fused-ring (bicyclic) bond motifs is 1. The Bertz CT molecular complexity index is 939. The van der Waals surface area contributed by atoms with Crippen molar-refractivity contribution in [3.05, 3.63) is 59.4 Å². The molecule has 1 unspecified atom stereocenters. The van der Waals surface area contributed by atoms with E-state index in [0.29, 0.717) is 6.04 Å². The molecular weight excluding hydrogens is 499 g/mol. The maximum absolute atomic E-state index is 6.12. The molecule has 2 heterocycles. The SMILES string of the molecule is CN=C(NCCc1nc2ccccc2[nH]1)NC1CCN(c2cccc(Cl)c2)C1.I. The van der Waals surface area contributed by atoms with E-state index in [1.165, 1.54) is 5.69 Å². The van der Waals surface area contributed by atoms with Crippen LogP contribution in [0.3, 0.4) is 0 Å². The van der Waals surface area contributed by atoms with E-state index >= 15 is 0 Å². The minimum absolute atomic E-state index is 0. The predicted molar refractivity (Wildman–Crippen MR) is 132 cm³/mol. The highest BCUT2D eigenvalue weighted by atomic mass is 127. The Morgan fingerprint density at radius 3 is 2.93 bits per heavy atom. The van der Waals surface area contributed by atoms with E-state index in [1.807, 2.05) is 42.5 Å². The van der Waals surface area contributed by atoms with Gasteiger partial charge in [-0.15, -0.1) is 24.0 Å². The van der Waals surface area contributed by atoms with Crippen LogP contribution in [0, 0.1) is 0 Å². The van der Waals surface area contributed by atoms with Gasteiger partial charge in [0.15, 0.2) is 5.96 Å². The number of guanidine groups is 1. The number of aliphatic imine (C=N–C) groups is 1. The number of imidazole rings is 1. The maximum Gasteiger partial charge on any atom is 0.191 e. The Balaban J connectivity index is 0.00000240. The first-order valence-electron chi connectivity index (χ1n) is 9.62. The van der Waals surface area contributed by atoms with Crippen LogP contribution < -0.4 is 15.5 Å². The monoisotopic (exact) mass is 524 g/mol. The smallest absolute Gasteiger partial charge is 0.191 e. The summed E-state index contributed by atoms with van der Waals surface area (Å²) >= 11 is 6.12. The van der Waals surface area contributed by atoms with Gasteiger partial charge in [-0.05, 0) is 36.8 Å². The number of aromatic nitrogens is 2. The summed E-state index contributed by atoms with van der Waals surface area (Å²) in [5.74, 6) is 1.81. The fourth-order valence-corrected chi connectivity index (χ4v) is 3.78. The molecule has 0 saturated carbocycles. The molecular formula is C21H26ClIN6. The largest absolute Gasteiger partial charge is 0.369 e. The van der Waals surface area contributed by atoms with Crippen LogP contribution in [0.15, 0.2) is 53.5 Å². The summed E-state index contributed by atoms with van der Waals surface area (Å²) in [5.41, 5.74) is 3.25. The van der Waals surface area contributed by atoms with Gasteiger partial charge in [-0.2, -0.15) is 0 Å². The van der Waals surface area contributed by atoms with Crippen LogP contribution in [0.4, 0.5) is 5.69 Å². The average Bonchev–Trinajstić information content (AvgIpc) is 3.33. The number of hydrogen-bond acceptors (Lipinski definition) is 3. The molecule has 0 amide bonds. The third kappa shape index (κ3) is 5.54. The van der Waals surface area contributed by atoms with Crippen LogP contribution in [-0.2, 0) is 6.42 Å². The maximum atomic E-state index is 6.12. The van der Waals surface area contributed by atoms with Gasteiger partial charge in [0.25, 0.3) is 0 Å². The second-order valence-corrected chi connectivity index (χ2v) is 7.44. The average molecular weight is 525 g/mol. The van der Waals surface area contributed by atoms with E-state index in [9.17, 15) is 0 Å². The van der Waals surface area contributed by atoms with Gasteiger partial charge in [0, 0.05) is 49.9 Å². The zero-order valence-corrected chi connectivity index (χ0v) is 19.4. The number of aromatic amines is 1. The van der Waals surface area contributed by atoms with Crippen molar-refractivity contribution in [2.45, 2.75) is 18.9 Å². The first-order valence-corrected chi connectivity index (χ1v) is 10.0. The number of nitrogens with zero attached hydrogens (tertiary/aromatic N) is 3. The summed E-state index contributed by atoms with van der Waals surface area (Å²) in [6.45, 7) is 2.71. The number of anilines is 1. The van der Waals surface area contributed by atoms with Gasteiger partial charge >= 0.3 is 0 Å². The van der Waals surface area contributed by atoms with Crippen LogP contribution >= 0.6 is 35.6 Å². The lowest BCUT2D eigenvalue weighted by Gasteiger charge is -2.20. The molecule has 1 fully saturated rings. The zero-order chi connectivity index (χ0) is 19.3. The van der Waals surface area contributed by atoms with E-state index in [-0.39, 0.29) is 24.0 Å². The topological polar surface area (TPSA) is 68.3 Å². The molecule has 0 bridgehead atoms. The Hall–Kier alpha value is -2.00. The lowest BCUT2D eigenvalue weighted by molar-refractivity contribution is 0.647. The molecule has 0 spiro atoms. The first-order chi connectivity index (χ1) is 13.7. The van der Waals surface area contributed by atoms with Crippen molar-refractivity contribution in [3.63, 3.8) is 0 Å². The molecule has 1 aliphatic heterocycles. The lowest BCUT2D eigenvalue weighted by Crippen LogP contribution is -2.45. The van der Waals surface area contributed by atoms with Gasteiger partial charge in [0.1, 0.15) is 5.82 Å². The molecule has 3 aromatic rings. The number of nitrogens with one attached hydrogen (secondary N) is 3. The molecule has 29 heavy (non-hydrogen) atoms. The third-order valence-electron chi connectivity index (χ3n) is 5.02. The number of H-pyrrole nitrogens is 1. The van der Waals surface area contributed by atoms with Crippen LogP contribution in [-0.4, -0.2) is 48.7 Å². The first kappa shape index (κ1) is 21.7. The molecule has 154 valence electrons. The number of hydrogen-bond donors (Lipinski definition) is 3. The number of rotatable bonds is 5. The van der Waals surface area contributed by atoms with Crippen LogP contribution in [0.5, 0.6) is 0 Å². The Labute approximate surface area is 193 Å². The van der Waals surface area contributed by atoms with Crippen LogP contribution in [0.2, 0.25) is 5.02 Å². The summed E-state index contributed by atoms with van der Waals surface area (Å²) in [7, 11) is 1.81. The van der Waals surface area contributed by atoms with Crippen molar-refractivity contribution in [3.8, 4) is 0 Å². The highest BCUT2D eigenvalue weighted by Crippen LogP contribution is 2.23. The molecule has 6 nitrogen and oxygen atoms in total. The van der Waals surface area contributed by atoms with Crippen molar-refractivity contribution in [1.82, 2.24) is 20.6 Å². The molecule has 0 radical (unpaired) electrons. The molecule has 4 rings (SSSR count). The summed E-state index contributed by atoms with van der Waals surface area (Å²) < 4.78 is 0. The van der Waals surface area contributed by atoms with E-state index in [0.717, 1.165) is 60.3 Å². The van der Waals surface area contributed by atoms with Gasteiger partial charge in [0.05, 0.1) is 11.0 Å². The van der Waals surface area contributed by atoms with Crippen molar-refractivity contribution in [2.75, 3.05) is 31.6 Å². The van der Waals surface area contributed by atoms with Crippen LogP contribution in [0.25, 0.3) is 11.0 Å². The van der Waals surface area contributed by atoms with E-state index in [2.05, 4.69) is 36.6 Å². The fourth-order valence-electron chi connectivity index (χ4n) is 3.60. The minimum atomic E-state index is 0. The minimum Gasteiger partial charge on any atom is -0.369 e. The van der Waals surface area contributed by atoms with Gasteiger partial charge in [-0.25, -0.2) is 4.98 Å². The quantitative estimate of drug-likeness (QED) is 0.270. The van der Waals surface area contributed by atoms with E-state index in [1.54, 1.807) is 7.05 Å². The van der Waals surface area contributed by atoms with Crippen molar-refractivity contribution in [1.29, 1.82) is 0 Å². The zero-order valence-electron chi connectivity index (χ0n) is 16.4. The summed E-state index contributed by atoms with van der Waals surface area (Å²) in [6.07, 6.45) is 1.88. The Morgan fingerprint density at radius 2 is 2.14 bits per heavy atom. The van der Waals surface area contributed by atoms with Crippen molar-refractivity contribution in [2.24, 2.45) is 4.99 Å². The predicted octanol–water partition coefficient (Wildman–Crippen LogP) is 3.82.